The van der Waals surface area contributed by atoms with Gasteiger partial charge in [-0.3, -0.25) is 4.40 Å². The molecule has 110 valence electrons. The Balaban J connectivity index is 1.97. The Morgan fingerprint density at radius 2 is 2.14 bits per heavy atom. The summed E-state index contributed by atoms with van der Waals surface area (Å²) in [5, 5.41) is -0.0627. The Morgan fingerprint density at radius 3 is 2.86 bits per heavy atom. The Morgan fingerprint density at radius 1 is 1.33 bits per heavy atom. The Labute approximate surface area is 121 Å². The van der Waals surface area contributed by atoms with E-state index in [-0.39, 0.29) is 17.4 Å². The highest BCUT2D eigenvalue weighted by Gasteiger charge is 2.23. The van der Waals surface area contributed by atoms with Crippen LogP contribution in [0.5, 0.6) is 0 Å². The average Bonchev–Trinajstić information content (AvgIpc) is 2.99. The molecule has 0 radical (unpaired) electrons. The molecule has 8 nitrogen and oxygen atoms in total. The number of pyridine rings is 1. The van der Waals surface area contributed by atoms with Crippen LogP contribution in [0, 0.1) is 0 Å². The Kier molecular flexibility index (Phi) is 3.15. The lowest BCUT2D eigenvalue weighted by Crippen LogP contribution is -2.26. The number of anilines is 1. The second-order valence-electron chi connectivity index (χ2n) is 4.51. The number of nitrogens with one attached hydrogen (secondary N) is 1. The fourth-order valence-corrected chi connectivity index (χ4v) is 3.24. The van der Waals surface area contributed by atoms with E-state index < -0.39 is 10.0 Å². The van der Waals surface area contributed by atoms with E-state index in [4.69, 9.17) is 5.73 Å². The quantitative estimate of drug-likeness (QED) is 0.712. The predicted molar refractivity (Wildman–Crippen MR) is 76.8 cm³/mol. The van der Waals surface area contributed by atoms with Crippen molar-refractivity contribution in [2.24, 2.45) is 7.05 Å². The molecule has 0 unspecified atom stereocenters. The summed E-state index contributed by atoms with van der Waals surface area (Å²) >= 11 is 0. The summed E-state index contributed by atoms with van der Waals surface area (Å²) in [4.78, 5) is 8.11. The molecule has 0 atom stereocenters. The predicted octanol–water partition coefficient (Wildman–Crippen LogP) is 0.128. The number of rotatable bonds is 4. The maximum absolute atomic E-state index is 12.4. The first-order valence-corrected chi connectivity index (χ1v) is 7.66. The van der Waals surface area contributed by atoms with Crippen molar-refractivity contribution in [1.29, 1.82) is 0 Å². The third-order valence-electron chi connectivity index (χ3n) is 3.11. The number of sulfonamides is 1. The first kappa shape index (κ1) is 13.6. The molecule has 0 aliphatic rings. The van der Waals surface area contributed by atoms with Gasteiger partial charge in [0.15, 0.2) is 10.8 Å². The van der Waals surface area contributed by atoms with Crippen LogP contribution in [0.4, 0.5) is 5.82 Å². The zero-order valence-electron chi connectivity index (χ0n) is 11.3. The first-order valence-electron chi connectivity index (χ1n) is 6.17. The molecule has 3 aromatic heterocycles. The molecule has 0 spiro atoms. The highest BCUT2D eigenvalue weighted by Crippen LogP contribution is 2.19. The minimum Gasteiger partial charge on any atom is -0.381 e. The van der Waals surface area contributed by atoms with Gasteiger partial charge in [-0.05, 0) is 12.1 Å². The number of imidazole rings is 2. The highest BCUT2D eigenvalue weighted by molar-refractivity contribution is 7.89. The lowest BCUT2D eigenvalue weighted by atomic mass is 10.5. The van der Waals surface area contributed by atoms with E-state index in [2.05, 4.69) is 14.7 Å². The smallest absolute Gasteiger partial charge is 0.260 e. The SMILES string of the molecule is Cn1ccnc1CNS(=O)(=O)c1c(N)nc2ccccn12. The number of aryl methyl sites for hydroxylation is 1. The van der Waals surface area contributed by atoms with Gasteiger partial charge in [-0.25, -0.2) is 23.1 Å². The van der Waals surface area contributed by atoms with Crippen molar-refractivity contribution in [3.8, 4) is 0 Å². The lowest BCUT2D eigenvalue weighted by Gasteiger charge is -2.07. The van der Waals surface area contributed by atoms with E-state index in [9.17, 15) is 8.42 Å². The van der Waals surface area contributed by atoms with Crippen LogP contribution in [-0.2, 0) is 23.6 Å². The molecule has 0 aromatic carbocycles. The summed E-state index contributed by atoms with van der Waals surface area (Å²) in [5.41, 5.74) is 6.23. The van der Waals surface area contributed by atoms with Crippen LogP contribution in [0.2, 0.25) is 0 Å². The van der Waals surface area contributed by atoms with E-state index in [0.29, 0.717) is 11.5 Å². The van der Waals surface area contributed by atoms with Gasteiger partial charge in [0.25, 0.3) is 10.0 Å². The molecule has 3 N–H and O–H groups in total. The summed E-state index contributed by atoms with van der Waals surface area (Å²) < 4.78 is 30.6. The molecule has 0 amide bonds. The molecule has 3 aromatic rings. The molecule has 21 heavy (non-hydrogen) atoms. The van der Waals surface area contributed by atoms with Gasteiger partial charge in [0, 0.05) is 25.6 Å². The number of fused-ring (bicyclic) bond motifs is 1. The summed E-state index contributed by atoms with van der Waals surface area (Å²) in [5.74, 6) is 0.569. The minimum atomic E-state index is -3.79. The number of hydrogen-bond donors (Lipinski definition) is 2. The van der Waals surface area contributed by atoms with E-state index in [1.807, 2.05) is 0 Å². The normalized spacial score (nSPS) is 12.0. The Hall–Kier alpha value is -2.39. The maximum Gasteiger partial charge on any atom is 0.260 e. The first-order chi connectivity index (χ1) is 9.99. The van der Waals surface area contributed by atoms with Gasteiger partial charge in [0.2, 0.25) is 0 Å². The van der Waals surface area contributed by atoms with Crippen LogP contribution in [0.1, 0.15) is 5.82 Å². The van der Waals surface area contributed by atoms with Crippen LogP contribution >= 0.6 is 0 Å². The molecule has 0 saturated heterocycles. The molecule has 0 aliphatic carbocycles. The second kappa shape index (κ2) is 4.86. The van der Waals surface area contributed by atoms with Crippen molar-refractivity contribution >= 4 is 21.5 Å². The molecule has 3 rings (SSSR count). The fraction of sp³-hybridized carbons (Fsp3) is 0.167. The van der Waals surface area contributed by atoms with Crippen LogP contribution in [0.25, 0.3) is 5.65 Å². The minimum absolute atomic E-state index is 0.0338. The third-order valence-corrected chi connectivity index (χ3v) is 4.55. The standard InChI is InChI=1S/C12H14N6O2S/c1-17-7-5-14-10(17)8-15-21(19,20)12-11(13)16-9-4-2-3-6-18(9)12/h2-7,15H,8,13H2,1H3. The largest absolute Gasteiger partial charge is 0.381 e. The van der Waals surface area contributed by atoms with Crippen molar-refractivity contribution in [1.82, 2.24) is 23.7 Å². The topological polar surface area (TPSA) is 107 Å². The molecular formula is C12H14N6O2S. The van der Waals surface area contributed by atoms with Gasteiger partial charge in [-0.1, -0.05) is 6.07 Å². The second-order valence-corrected chi connectivity index (χ2v) is 6.19. The van der Waals surface area contributed by atoms with Crippen LogP contribution in [0.15, 0.2) is 41.8 Å². The zero-order chi connectivity index (χ0) is 15.0. The summed E-state index contributed by atoms with van der Waals surface area (Å²) in [6, 6.07) is 5.17. The third kappa shape index (κ3) is 2.36. The molecule has 3 heterocycles. The maximum atomic E-state index is 12.4. The van der Waals surface area contributed by atoms with Crippen molar-refractivity contribution in [3.63, 3.8) is 0 Å². The van der Waals surface area contributed by atoms with Gasteiger partial charge < -0.3 is 10.3 Å². The van der Waals surface area contributed by atoms with Crippen molar-refractivity contribution < 1.29 is 8.42 Å². The number of nitrogens with zero attached hydrogens (tertiary/aromatic N) is 4. The van der Waals surface area contributed by atoms with E-state index >= 15 is 0 Å². The van der Waals surface area contributed by atoms with Crippen LogP contribution in [0.3, 0.4) is 0 Å². The van der Waals surface area contributed by atoms with E-state index in [1.54, 1.807) is 48.4 Å². The van der Waals surface area contributed by atoms with Gasteiger partial charge in [0.05, 0.1) is 6.54 Å². The number of nitrogen functional groups attached to an aromatic ring is 1. The summed E-state index contributed by atoms with van der Waals surface area (Å²) in [7, 11) is -2.00. The van der Waals surface area contributed by atoms with Gasteiger partial charge >= 0.3 is 0 Å². The molecule has 9 heteroatoms. The lowest BCUT2D eigenvalue weighted by molar-refractivity contribution is 0.573. The molecular weight excluding hydrogens is 292 g/mol. The van der Waals surface area contributed by atoms with Crippen molar-refractivity contribution in [3.05, 3.63) is 42.6 Å². The van der Waals surface area contributed by atoms with E-state index in [1.165, 1.54) is 4.40 Å². The van der Waals surface area contributed by atoms with Gasteiger partial charge in [-0.15, -0.1) is 0 Å². The monoisotopic (exact) mass is 306 g/mol. The van der Waals surface area contributed by atoms with E-state index in [0.717, 1.165) is 0 Å². The van der Waals surface area contributed by atoms with Gasteiger partial charge in [-0.2, -0.15) is 0 Å². The summed E-state index contributed by atoms with van der Waals surface area (Å²) in [6.07, 6.45) is 4.95. The molecule has 0 fully saturated rings. The number of nitrogens with two attached hydrogens (primary N) is 1. The van der Waals surface area contributed by atoms with Crippen molar-refractivity contribution in [2.75, 3.05) is 5.73 Å². The molecule has 0 aliphatic heterocycles. The highest BCUT2D eigenvalue weighted by atomic mass is 32.2. The molecule has 0 saturated carbocycles. The number of aromatic nitrogens is 4. The average molecular weight is 306 g/mol. The van der Waals surface area contributed by atoms with Gasteiger partial charge in [0.1, 0.15) is 11.5 Å². The number of hydrogen-bond acceptors (Lipinski definition) is 5. The zero-order valence-corrected chi connectivity index (χ0v) is 12.1. The van der Waals surface area contributed by atoms with Crippen molar-refractivity contribution in [2.45, 2.75) is 11.6 Å². The molecule has 0 bridgehead atoms. The van der Waals surface area contributed by atoms with Crippen LogP contribution in [-0.4, -0.2) is 27.4 Å². The fourth-order valence-electron chi connectivity index (χ4n) is 2.05. The van der Waals surface area contributed by atoms with Crippen LogP contribution < -0.4 is 10.5 Å². The Bertz CT molecular complexity index is 896. The summed E-state index contributed by atoms with van der Waals surface area (Å²) in [6.45, 7) is 0.0747.